The first-order chi connectivity index (χ1) is 18.7. The molecule has 0 saturated carbocycles. The minimum absolute atomic E-state index is 0.0210. The molecule has 39 heavy (non-hydrogen) atoms. The van der Waals surface area contributed by atoms with Gasteiger partial charge in [0.05, 0.1) is 34.9 Å². The summed E-state index contributed by atoms with van der Waals surface area (Å²) < 4.78 is 26.9. The zero-order valence-electron chi connectivity index (χ0n) is 21.4. The monoisotopic (exact) mass is 614 g/mol. The van der Waals surface area contributed by atoms with Gasteiger partial charge in [-0.15, -0.1) is 0 Å². The highest BCUT2D eigenvalue weighted by atomic mass is 79.9. The number of carbonyl (C=O) groups is 1. The Labute approximate surface area is 237 Å². The fourth-order valence-corrected chi connectivity index (χ4v) is 4.38. The number of nitrogens with zero attached hydrogens (tertiary/aromatic N) is 3. The lowest BCUT2D eigenvalue weighted by Crippen LogP contribution is -2.23. The summed E-state index contributed by atoms with van der Waals surface area (Å²) in [6.45, 7) is 3.56. The molecule has 0 fully saturated rings. The van der Waals surface area contributed by atoms with E-state index in [1.807, 2.05) is 19.9 Å². The fraction of sp³-hybridized carbons (Fsp3) is 0.214. The van der Waals surface area contributed by atoms with Gasteiger partial charge in [0, 0.05) is 10.4 Å². The van der Waals surface area contributed by atoms with Crippen LogP contribution in [0.15, 0.2) is 69.0 Å². The Kier molecular flexibility index (Phi) is 8.98. The van der Waals surface area contributed by atoms with Crippen LogP contribution in [0.2, 0.25) is 5.02 Å². The van der Waals surface area contributed by atoms with E-state index in [-0.39, 0.29) is 33.7 Å². The van der Waals surface area contributed by atoms with E-state index < -0.39 is 18.3 Å². The Balaban J connectivity index is 1.61. The zero-order valence-corrected chi connectivity index (χ0v) is 23.7. The van der Waals surface area contributed by atoms with Crippen LogP contribution in [0.3, 0.4) is 0 Å². The van der Waals surface area contributed by atoms with Crippen molar-refractivity contribution < 1.29 is 18.7 Å². The van der Waals surface area contributed by atoms with E-state index in [4.69, 9.17) is 26.1 Å². The van der Waals surface area contributed by atoms with Crippen LogP contribution in [0.25, 0.3) is 10.9 Å². The van der Waals surface area contributed by atoms with Crippen molar-refractivity contribution in [3.8, 4) is 11.5 Å². The van der Waals surface area contributed by atoms with E-state index >= 15 is 0 Å². The molecule has 11 heteroatoms. The highest BCUT2D eigenvalue weighted by Crippen LogP contribution is 2.36. The average Bonchev–Trinajstić information content (AvgIpc) is 2.92. The van der Waals surface area contributed by atoms with Crippen LogP contribution in [-0.4, -0.2) is 35.5 Å². The Bertz CT molecular complexity index is 1630. The van der Waals surface area contributed by atoms with E-state index in [1.165, 1.54) is 36.2 Å². The van der Waals surface area contributed by atoms with E-state index in [0.29, 0.717) is 22.3 Å². The molecule has 0 aliphatic rings. The van der Waals surface area contributed by atoms with Crippen LogP contribution in [0, 0.1) is 5.82 Å². The van der Waals surface area contributed by atoms with Crippen LogP contribution >= 0.6 is 27.5 Å². The molecule has 0 aliphatic heterocycles. The van der Waals surface area contributed by atoms with Crippen molar-refractivity contribution in [3.05, 3.63) is 91.7 Å². The lowest BCUT2D eigenvalue weighted by atomic mass is 10.1. The standard InChI is InChI=1S/C28H25BrClFN4O4/c1-4-16(2)27-34-22-10-9-18(29)13-19(22)28(37)35(27)32-14-17-11-20(30)26(24(12-17)38-3)39-15-25(36)33-23-8-6-5-7-21(23)31/h5-14,16H,4,15H2,1-3H3,(H,33,36)/t16-/m1/s1. The Morgan fingerprint density at radius 3 is 2.74 bits per heavy atom. The Morgan fingerprint density at radius 1 is 1.26 bits per heavy atom. The molecule has 0 aliphatic carbocycles. The van der Waals surface area contributed by atoms with Crippen molar-refractivity contribution in [2.24, 2.45) is 5.10 Å². The van der Waals surface area contributed by atoms with Gasteiger partial charge in [0.1, 0.15) is 11.6 Å². The average molecular weight is 616 g/mol. The second-order valence-electron chi connectivity index (χ2n) is 8.65. The summed E-state index contributed by atoms with van der Waals surface area (Å²) >= 11 is 9.85. The maximum absolute atomic E-state index is 13.8. The topological polar surface area (TPSA) is 94.8 Å². The van der Waals surface area contributed by atoms with Crippen LogP contribution in [0.1, 0.15) is 37.6 Å². The van der Waals surface area contributed by atoms with Crippen molar-refractivity contribution in [2.75, 3.05) is 19.0 Å². The van der Waals surface area contributed by atoms with Gasteiger partial charge in [0.15, 0.2) is 18.1 Å². The third kappa shape index (κ3) is 6.46. The number of fused-ring (bicyclic) bond motifs is 1. The zero-order chi connectivity index (χ0) is 28.1. The molecule has 202 valence electrons. The Hall–Kier alpha value is -3.76. The number of benzene rings is 3. The number of anilines is 1. The van der Waals surface area contributed by atoms with Gasteiger partial charge in [-0.3, -0.25) is 9.59 Å². The van der Waals surface area contributed by atoms with Gasteiger partial charge < -0.3 is 14.8 Å². The van der Waals surface area contributed by atoms with Gasteiger partial charge >= 0.3 is 0 Å². The van der Waals surface area contributed by atoms with Crippen molar-refractivity contribution in [1.29, 1.82) is 0 Å². The molecule has 1 atom stereocenters. The SMILES string of the molecule is CC[C@@H](C)c1nc2ccc(Br)cc2c(=O)n1N=Cc1cc(Cl)c(OCC(=O)Nc2ccccc2F)c(OC)c1. The molecule has 1 N–H and O–H groups in total. The van der Waals surface area contributed by atoms with Crippen molar-refractivity contribution in [3.63, 3.8) is 0 Å². The minimum atomic E-state index is -0.573. The number of halogens is 3. The number of amides is 1. The third-order valence-electron chi connectivity index (χ3n) is 5.96. The predicted molar refractivity (Wildman–Crippen MR) is 154 cm³/mol. The molecule has 0 spiro atoms. The van der Waals surface area contributed by atoms with Crippen LogP contribution < -0.4 is 20.3 Å². The third-order valence-corrected chi connectivity index (χ3v) is 6.73. The number of hydrogen-bond acceptors (Lipinski definition) is 6. The van der Waals surface area contributed by atoms with E-state index in [9.17, 15) is 14.0 Å². The molecule has 3 aromatic carbocycles. The first-order valence-corrected chi connectivity index (χ1v) is 13.2. The summed E-state index contributed by atoms with van der Waals surface area (Å²) in [6.07, 6.45) is 2.24. The first-order valence-electron chi connectivity index (χ1n) is 12.0. The molecule has 1 amide bonds. The maximum Gasteiger partial charge on any atom is 0.282 e. The Morgan fingerprint density at radius 2 is 2.03 bits per heavy atom. The van der Waals surface area contributed by atoms with Crippen molar-refractivity contribution >= 4 is 56.2 Å². The number of aromatic nitrogens is 2. The van der Waals surface area contributed by atoms with Gasteiger partial charge in [-0.25, -0.2) is 9.37 Å². The van der Waals surface area contributed by atoms with Crippen molar-refractivity contribution in [1.82, 2.24) is 9.66 Å². The molecule has 0 bridgehead atoms. The van der Waals surface area contributed by atoms with E-state index in [2.05, 4.69) is 26.3 Å². The molecule has 1 heterocycles. The quantitative estimate of drug-likeness (QED) is 0.221. The second-order valence-corrected chi connectivity index (χ2v) is 9.98. The van der Waals surface area contributed by atoms with Crippen LogP contribution in [0.4, 0.5) is 10.1 Å². The lowest BCUT2D eigenvalue weighted by molar-refractivity contribution is -0.118. The van der Waals surface area contributed by atoms with E-state index in [1.54, 1.807) is 30.3 Å². The second kappa shape index (κ2) is 12.4. The molecular weight excluding hydrogens is 591 g/mol. The number of para-hydroxylation sites is 1. The van der Waals surface area contributed by atoms with Crippen LogP contribution in [-0.2, 0) is 4.79 Å². The van der Waals surface area contributed by atoms with Gasteiger partial charge in [0.25, 0.3) is 11.5 Å². The molecule has 8 nitrogen and oxygen atoms in total. The number of carbonyl (C=O) groups excluding carboxylic acids is 1. The predicted octanol–water partition coefficient (Wildman–Crippen LogP) is 6.37. The molecule has 0 unspecified atom stereocenters. The summed E-state index contributed by atoms with van der Waals surface area (Å²) in [7, 11) is 1.43. The maximum atomic E-state index is 13.8. The molecule has 0 saturated heterocycles. The summed E-state index contributed by atoms with van der Waals surface area (Å²) in [5, 5.41) is 7.48. The van der Waals surface area contributed by atoms with Gasteiger partial charge in [-0.2, -0.15) is 9.78 Å². The smallest absolute Gasteiger partial charge is 0.282 e. The van der Waals surface area contributed by atoms with Crippen LogP contribution in [0.5, 0.6) is 11.5 Å². The van der Waals surface area contributed by atoms with E-state index in [0.717, 1.165) is 10.9 Å². The number of ether oxygens (including phenoxy) is 2. The number of nitrogens with one attached hydrogen (secondary N) is 1. The molecular formula is C28H25BrClFN4O4. The highest BCUT2D eigenvalue weighted by molar-refractivity contribution is 9.10. The normalized spacial score (nSPS) is 12.1. The van der Waals surface area contributed by atoms with Crippen molar-refractivity contribution in [2.45, 2.75) is 26.2 Å². The minimum Gasteiger partial charge on any atom is -0.493 e. The first kappa shape index (κ1) is 28.3. The number of methoxy groups -OCH3 is 1. The molecule has 4 aromatic rings. The van der Waals surface area contributed by atoms with Gasteiger partial charge in [-0.1, -0.05) is 53.5 Å². The molecule has 0 radical (unpaired) electrons. The highest BCUT2D eigenvalue weighted by Gasteiger charge is 2.17. The summed E-state index contributed by atoms with van der Waals surface area (Å²) in [4.78, 5) is 30.3. The molecule has 1 aromatic heterocycles. The largest absolute Gasteiger partial charge is 0.493 e. The fourth-order valence-electron chi connectivity index (χ4n) is 3.74. The molecule has 4 rings (SSSR count). The summed E-state index contributed by atoms with van der Waals surface area (Å²) in [5.41, 5.74) is 0.858. The van der Waals surface area contributed by atoms with Gasteiger partial charge in [0.2, 0.25) is 0 Å². The van der Waals surface area contributed by atoms with Gasteiger partial charge in [-0.05, 0) is 54.4 Å². The summed E-state index contributed by atoms with van der Waals surface area (Å²) in [5.74, 6) is -0.238. The number of rotatable bonds is 9. The number of hydrogen-bond donors (Lipinski definition) is 1. The summed E-state index contributed by atoms with van der Waals surface area (Å²) in [6, 6.07) is 14.3. The lowest BCUT2D eigenvalue weighted by Gasteiger charge is -2.15.